The first-order chi connectivity index (χ1) is 10.7. The summed E-state index contributed by atoms with van der Waals surface area (Å²) in [5.41, 5.74) is 2.64. The van der Waals surface area contributed by atoms with Crippen LogP contribution in [-0.2, 0) is 16.1 Å². The van der Waals surface area contributed by atoms with E-state index in [1.165, 1.54) is 11.1 Å². The number of ether oxygens (including phenoxy) is 1. The molecule has 2 heterocycles. The number of fused-ring (bicyclic) bond motifs is 1. The third kappa shape index (κ3) is 3.33. The highest BCUT2D eigenvalue weighted by molar-refractivity contribution is 5.78. The van der Waals surface area contributed by atoms with E-state index in [-0.39, 0.29) is 17.9 Å². The minimum absolute atomic E-state index is 0.101. The van der Waals surface area contributed by atoms with Gasteiger partial charge in [-0.2, -0.15) is 0 Å². The van der Waals surface area contributed by atoms with E-state index >= 15 is 0 Å². The zero-order valence-corrected chi connectivity index (χ0v) is 13.5. The summed E-state index contributed by atoms with van der Waals surface area (Å²) in [7, 11) is 1.74. The molecule has 1 amide bonds. The zero-order valence-electron chi connectivity index (χ0n) is 13.5. The number of hydrogen-bond acceptors (Lipinski definition) is 3. The Hall–Kier alpha value is -1.39. The van der Waals surface area contributed by atoms with Gasteiger partial charge in [0.1, 0.15) is 0 Å². The van der Waals surface area contributed by atoms with Gasteiger partial charge in [0.2, 0.25) is 5.91 Å². The lowest BCUT2D eigenvalue weighted by molar-refractivity contribution is -0.141. The molecule has 0 radical (unpaired) electrons. The van der Waals surface area contributed by atoms with E-state index < -0.39 is 0 Å². The molecule has 3 atom stereocenters. The van der Waals surface area contributed by atoms with Gasteiger partial charge in [-0.15, -0.1) is 0 Å². The minimum atomic E-state index is 0.101. The van der Waals surface area contributed by atoms with Crippen molar-refractivity contribution >= 4 is 5.91 Å². The van der Waals surface area contributed by atoms with Crippen molar-refractivity contribution < 1.29 is 9.53 Å². The smallest absolute Gasteiger partial charge is 0.223 e. The Labute approximate surface area is 132 Å². The van der Waals surface area contributed by atoms with Crippen LogP contribution >= 0.6 is 0 Å². The van der Waals surface area contributed by atoms with Gasteiger partial charge in [-0.05, 0) is 25.3 Å². The number of rotatable bonds is 3. The fourth-order valence-corrected chi connectivity index (χ4v) is 3.79. The predicted molar refractivity (Wildman–Crippen MR) is 86.5 cm³/mol. The maximum atomic E-state index is 12.1. The number of amides is 1. The molecule has 0 bridgehead atoms. The molecule has 4 nitrogen and oxygen atoms in total. The van der Waals surface area contributed by atoms with Gasteiger partial charge in [0.15, 0.2) is 0 Å². The molecule has 2 saturated heterocycles. The monoisotopic (exact) mass is 302 g/mol. The van der Waals surface area contributed by atoms with Crippen molar-refractivity contribution in [2.45, 2.75) is 32.4 Å². The standard InChI is InChI=1S/C18H26N2O2/c1-13-3-5-14(6-4-13)11-20-9-7-17-16(12-20)15(8-10-22-17)18(21)19-2/h3-6,15-17H,7-12H2,1-2H3,(H,19,21)/t15-,16-,17-/m0/s1. The number of benzene rings is 1. The average Bonchev–Trinajstić information content (AvgIpc) is 2.55. The van der Waals surface area contributed by atoms with Gasteiger partial charge in [-0.1, -0.05) is 29.8 Å². The lowest BCUT2D eigenvalue weighted by atomic mass is 9.79. The molecule has 1 N–H and O–H groups in total. The number of nitrogens with one attached hydrogen (secondary N) is 1. The zero-order chi connectivity index (χ0) is 15.5. The molecule has 1 aromatic carbocycles. The lowest BCUT2D eigenvalue weighted by Crippen LogP contribution is -2.52. The molecule has 4 heteroatoms. The van der Waals surface area contributed by atoms with Crippen molar-refractivity contribution in [3.05, 3.63) is 35.4 Å². The van der Waals surface area contributed by atoms with Crippen LogP contribution in [0, 0.1) is 18.8 Å². The molecule has 0 aromatic heterocycles. The van der Waals surface area contributed by atoms with Gasteiger partial charge in [-0.25, -0.2) is 0 Å². The summed E-state index contributed by atoms with van der Waals surface area (Å²) in [6.07, 6.45) is 2.13. The molecule has 22 heavy (non-hydrogen) atoms. The molecule has 2 aliphatic rings. The normalized spacial score (nSPS) is 28.9. The molecule has 1 aromatic rings. The predicted octanol–water partition coefficient (Wildman–Crippen LogP) is 1.97. The van der Waals surface area contributed by atoms with Crippen molar-refractivity contribution in [3.63, 3.8) is 0 Å². The summed E-state index contributed by atoms with van der Waals surface area (Å²) in [5, 5.41) is 2.83. The first-order valence-corrected chi connectivity index (χ1v) is 8.28. The minimum Gasteiger partial charge on any atom is -0.378 e. The summed E-state index contributed by atoms with van der Waals surface area (Å²) < 4.78 is 5.91. The van der Waals surface area contributed by atoms with Crippen LogP contribution in [0.25, 0.3) is 0 Å². The molecule has 120 valence electrons. The van der Waals surface area contributed by atoms with Gasteiger partial charge in [0.25, 0.3) is 0 Å². The van der Waals surface area contributed by atoms with Crippen LogP contribution in [0.5, 0.6) is 0 Å². The van der Waals surface area contributed by atoms with Crippen LogP contribution in [0.15, 0.2) is 24.3 Å². The average molecular weight is 302 g/mol. The second-order valence-corrected chi connectivity index (χ2v) is 6.59. The number of aryl methyl sites for hydroxylation is 1. The fourth-order valence-electron chi connectivity index (χ4n) is 3.79. The SMILES string of the molecule is CNC(=O)[C@H]1CCO[C@H]2CCN(Cc3ccc(C)cc3)C[C@H]21. The molecule has 0 spiro atoms. The molecule has 0 aliphatic carbocycles. The summed E-state index contributed by atoms with van der Waals surface area (Å²) in [5.74, 6) is 0.605. The molecule has 3 rings (SSSR count). The van der Waals surface area contributed by atoms with E-state index in [2.05, 4.69) is 41.4 Å². The van der Waals surface area contributed by atoms with Gasteiger partial charge in [0.05, 0.1) is 6.10 Å². The topological polar surface area (TPSA) is 41.6 Å². The van der Waals surface area contributed by atoms with Crippen LogP contribution in [-0.4, -0.2) is 43.7 Å². The number of piperidine rings is 1. The quantitative estimate of drug-likeness (QED) is 0.928. The summed E-state index contributed by atoms with van der Waals surface area (Å²) >= 11 is 0. The second kappa shape index (κ2) is 6.80. The molecular weight excluding hydrogens is 276 g/mol. The van der Waals surface area contributed by atoms with Crippen molar-refractivity contribution in [2.75, 3.05) is 26.7 Å². The fraction of sp³-hybridized carbons (Fsp3) is 0.611. The maximum absolute atomic E-state index is 12.1. The molecule has 0 unspecified atom stereocenters. The maximum Gasteiger partial charge on any atom is 0.223 e. The Morgan fingerprint density at radius 2 is 2.09 bits per heavy atom. The molecular formula is C18H26N2O2. The van der Waals surface area contributed by atoms with Gasteiger partial charge in [-0.3, -0.25) is 9.69 Å². The van der Waals surface area contributed by atoms with E-state index in [9.17, 15) is 4.79 Å². The summed E-state index contributed by atoms with van der Waals surface area (Å²) in [6, 6.07) is 8.74. The first kappa shape index (κ1) is 15.5. The third-order valence-electron chi connectivity index (χ3n) is 5.06. The van der Waals surface area contributed by atoms with Crippen LogP contribution in [0.3, 0.4) is 0 Å². The summed E-state index contributed by atoms with van der Waals surface area (Å²) in [6.45, 7) is 5.80. The molecule has 2 fully saturated rings. The second-order valence-electron chi connectivity index (χ2n) is 6.59. The van der Waals surface area contributed by atoms with Gasteiger partial charge in [0, 0.05) is 45.1 Å². The Morgan fingerprint density at radius 3 is 2.82 bits per heavy atom. The molecule has 2 aliphatic heterocycles. The van der Waals surface area contributed by atoms with Crippen molar-refractivity contribution in [3.8, 4) is 0 Å². The van der Waals surface area contributed by atoms with E-state index in [0.29, 0.717) is 5.92 Å². The largest absolute Gasteiger partial charge is 0.378 e. The van der Waals surface area contributed by atoms with E-state index in [4.69, 9.17) is 4.74 Å². The van der Waals surface area contributed by atoms with E-state index in [1.54, 1.807) is 7.05 Å². The van der Waals surface area contributed by atoms with E-state index in [1.807, 2.05) is 0 Å². The van der Waals surface area contributed by atoms with Gasteiger partial charge >= 0.3 is 0 Å². The summed E-state index contributed by atoms with van der Waals surface area (Å²) in [4.78, 5) is 14.6. The van der Waals surface area contributed by atoms with Crippen LogP contribution in [0.1, 0.15) is 24.0 Å². The van der Waals surface area contributed by atoms with Crippen molar-refractivity contribution in [1.29, 1.82) is 0 Å². The Morgan fingerprint density at radius 1 is 1.32 bits per heavy atom. The van der Waals surface area contributed by atoms with Crippen molar-refractivity contribution in [1.82, 2.24) is 10.2 Å². The molecule has 0 saturated carbocycles. The van der Waals surface area contributed by atoms with E-state index in [0.717, 1.165) is 39.1 Å². The van der Waals surface area contributed by atoms with Crippen LogP contribution in [0.4, 0.5) is 0 Å². The Kier molecular flexibility index (Phi) is 4.79. The first-order valence-electron chi connectivity index (χ1n) is 8.28. The number of hydrogen-bond donors (Lipinski definition) is 1. The van der Waals surface area contributed by atoms with Crippen molar-refractivity contribution in [2.24, 2.45) is 11.8 Å². The number of nitrogens with zero attached hydrogens (tertiary/aromatic N) is 1. The Bertz CT molecular complexity index is 514. The number of carbonyl (C=O) groups excluding carboxylic acids is 1. The number of likely N-dealkylation sites (tertiary alicyclic amines) is 1. The van der Waals surface area contributed by atoms with Crippen LogP contribution < -0.4 is 5.32 Å². The lowest BCUT2D eigenvalue weighted by Gasteiger charge is -2.44. The highest BCUT2D eigenvalue weighted by atomic mass is 16.5. The van der Waals surface area contributed by atoms with Gasteiger partial charge < -0.3 is 10.1 Å². The number of carbonyl (C=O) groups is 1. The highest BCUT2D eigenvalue weighted by Crippen LogP contribution is 2.33. The van der Waals surface area contributed by atoms with Crippen LogP contribution in [0.2, 0.25) is 0 Å². The Balaban J connectivity index is 1.66. The highest BCUT2D eigenvalue weighted by Gasteiger charge is 2.41. The third-order valence-corrected chi connectivity index (χ3v) is 5.06.